The van der Waals surface area contributed by atoms with Crippen LogP contribution in [0.2, 0.25) is 25.2 Å². The van der Waals surface area contributed by atoms with E-state index in [0.717, 1.165) is 0 Å². The lowest BCUT2D eigenvalue weighted by molar-refractivity contribution is 1.37. The van der Waals surface area contributed by atoms with Crippen LogP contribution in [0.1, 0.15) is 0 Å². The highest BCUT2D eigenvalue weighted by Gasteiger charge is 2.11. The Labute approximate surface area is 114 Å². The van der Waals surface area contributed by atoms with E-state index < -0.39 is 17.6 Å². The fraction of sp³-hybridized carbons (Fsp3) is 0.250. The molecule has 2 aromatic carbocycles. The van der Waals surface area contributed by atoms with Crippen molar-refractivity contribution in [3.8, 4) is 0 Å². The zero-order valence-corrected chi connectivity index (χ0v) is 13.7. The van der Waals surface area contributed by atoms with Crippen LogP contribution >= 0.6 is 0 Å². The number of hydrogen-bond donors (Lipinski definition) is 0. The summed E-state index contributed by atoms with van der Waals surface area (Å²) in [6.45, 7) is 4.98. The molecular weight excluding hydrogens is 248 g/mol. The van der Waals surface area contributed by atoms with Crippen molar-refractivity contribution in [1.82, 2.24) is 0 Å². The molecule has 0 saturated heterocycles. The van der Waals surface area contributed by atoms with Gasteiger partial charge in [0.15, 0.2) is 0 Å². The highest BCUT2D eigenvalue weighted by atomic mass is 28.3. The lowest BCUT2D eigenvalue weighted by atomic mass is 10.4. The largest absolute Gasteiger partial charge is 0.0680 e. The van der Waals surface area contributed by atoms with Crippen molar-refractivity contribution in [2.75, 3.05) is 0 Å². The van der Waals surface area contributed by atoms with Crippen LogP contribution in [0, 0.1) is 0 Å². The second-order valence-corrected chi connectivity index (χ2v) is 11.3. The number of hydrogen-bond acceptors (Lipinski definition) is 0. The highest BCUT2D eigenvalue weighted by molar-refractivity contribution is 6.77. The van der Waals surface area contributed by atoms with E-state index in [4.69, 9.17) is 0 Å². The van der Waals surface area contributed by atoms with Crippen molar-refractivity contribution >= 4 is 28.0 Å². The predicted molar refractivity (Wildman–Crippen MR) is 87.8 cm³/mol. The molecule has 0 saturated carbocycles. The SMILES string of the molecule is C[SiH](CC[SiH](C)c1ccccc1)c1ccccc1. The summed E-state index contributed by atoms with van der Waals surface area (Å²) in [6.07, 6.45) is 0. The molecule has 2 heteroatoms. The molecular formula is C16H22Si2. The molecule has 2 rings (SSSR count). The molecule has 0 bridgehead atoms. The van der Waals surface area contributed by atoms with E-state index in [9.17, 15) is 0 Å². The van der Waals surface area contributed by atoms with E-state index in [1.54, 1.807) is 10.4 Å². The quantitative estimate of drug-likeness (QED) is 0.733. The summed E-state index contributed by atoms with van der Waals surface area (Å²) in [6, 6.07) is 25.1. The molecule has 0 aliphatic carbocycles. The smallest absolute Gasteiger partial charge is 0.0675 e. The molecule has 18 heavy (non-hydrogen) atoms. The Morgan fingerprint density at radius 3 is 1.28 bits per heavy atom. The van der Waals surface area contributed by atoms with Crippen LogP contribution in [0.15, 0.2) is 60.7 Å². The van der Waals surface area contributed by atoms with Gasteiger partial charge < -0.3 is 0 Å². The lowest BCUT2D eigenvalue weighted by Crippen LogP contribution is -2.31. The third-order valence-corrected chi connectivity index (χ3v) is 9.88. The fourth-order valence-electron chi connectivity index (χ4n) is 2.40. The van der Waals surface area contributed by atoms with Gasteiger partial charge in [0.2, 0.25) is 0 Å². The third kappa shape index (κ3) is 3.68. The normalized spacial score (nSPS) is 14.1. The van der Waals surface area contributed by atoms with Gasteiger partial charge in [-0.3, -0.25) is 0 Å². The summed E-state index contributed by atoms with van der Waals surface area (Å²) in [5, 5.41) is 3.23. The molecule has 0 aliphatic rings. The summed E-state index contributed by atoms with van der Waals surface area (Å²) in [5.41, 5.74) is 0. The molecule has 0 fully saturated rings. The maximum absolute atomic E-state index is 2.49. The molecule has 0 aliphatic heterocycles. The first kappa shape index (κ1) is 13.3. The van der Waals surface area contributed by atoms with Gasteiger partial charge in [-0.25, -0.2) is 0 Å². The van der Waals surface area contributed by atoms with E-state index in [0.29, 0.717) is 0 Å². The lowest BCUT2D eigenvalue weighted by Gasteiger charge is -2.14. The second kappa shape index (κ2) is 6.71. The monoisotopic (exact) mass is 270 g/mol. The van der Waals surface area contributed by atoms with Gasteiger partial charge in [0.05, 0.1) is 17.6 Å². The van der Waals surface area contributed by atoms with Gasteiger partial charge in [-0.2, -0.15) is 0 Å². The maximum atomic E-state index is 2.49. The Morgan fingerprint density at radius 2 is 0.944 bits per heavy atom. The molecule has 0 heterocycles. The third-order valence-electron chi connectivity index (χ3n) is 3.77. The van der Waals surface area contributed by atoms with Crippen LogP contribution in [-0.2, 0) is 0 Å². The molecule has 0 N–H and O–H groups in total. The van der Waals surface area contributed by atoms with Crippen LogP contribution in [-0.4, -0.2) is 17.6 Å². The Kier molecular flexibility index (Phi) is 4.96. The van der Waals surface area contributed by atoms with Gasteiger partial charge in [-0.05, 0) is 0 Å². The first-order valence-electron chi connectivity index (χ1n) is 6.87. The van der Waals surface area contributed by atoms with Crippen molar-refractivity contribution in [3.05, 3.63) is 60.7 Å². The van der Waals surface area contributed by atoms with Gasteiger partial charge in [-0.15, -0.1) is 0 Å². The van der Waals surface area contributed by atoms with Crippen molar-refractivity contribution in [3.63, 3.8) is 0 Å². The summed E-state index contributed by atoms with van der Waals surface area (Å²) >= 11 is 0. The van der Waals surface area contributed by atoms with E-state index in [1.807, 2.05) is 0 Å². The van der Waals surface area contributed by atoms with Crippen LogP contribution in [0.5, 0.6) is 0 Å². The Morgan fingerprint density at radius 1 is 0.611 bits per heavy atom. The van der Waals surface area contributed by atoms with Crippen molar-refractivity contribution in [2.45, 2.75) is 25.2 Å². The molecule has 2 unspecified atom stereocenters. The summed E-state index contributed by atoms with van der Waals surface area (Å²) in [5.74, 6) is 0. The van der Waals surface area contributed by atoms with Crippen LogP contribution < -0.4 is 10.4 Å². The number of rotatable bonds is 5. The van der Waals surface area contributed by atoms with Gasteiger partial charge >= 0.3 is 0 Å². The zero-order chi connectivity index (χ0) is 12.8. The average Bonchev–Trinajstić information content (AvgIpc) is 2.46. The van der Waals surface area contributed by atoms with Gasteiger partial charge in [0, 0.05) is 0 Å². The summed E-state index contributed by atoms with van der Waals surface area (Å²) in [7, 11) is -1.41. The number of benzene rings is 2. The summed E-state index contributed by atoms with van der Waals surface area (Å²) in [4.78, 5) is 0. The first-order chi connectivity index (χ1) is 8.77. The average molecular weight is 271 g/mol. The summed E-state index contributed by atoms with van der Waals surface area (Å²) < 4.78 is 0. The van der Waals surface area contributed by atoms with Crippen molar-refractivity contribution < 1.29 is 0 Å². The first-order valence-corrected chi connectivity index (χ1v) is 12.0. The second-order valence-electron chi connectivity index (χ2n) is 5.20. The zero-order valence-electron chi connectivity index (χ0n) is 11.3. The van der Waals surface area contributed by atoms with E-state index in [-0.39, 0.29) is 0 Å². The minimum atomic E-state index is -0.705. The molecule has 94 valence electrons. The highest BCUT2D eigenvalue weighted by Crippen LogP contribution is 2.04. The molecule has 0 radical (unpaired) electrons. The van der Waals surface area contributed by atoms with E-state index in [2.05, 4.69) is 73.8 Å². The standard InChI is InChI=1S/C16H22Si2/c1-17(15-9-5-3-6-10-15)13-14-18(2)16-11-7-4-8-12-16/h3-12,17-18H,13-14H2,1-2H3. The Bertz CT molecular complexity index is 408. The van der Waals surface area contributed by atoms with Gasteiger partial charge in [0.25, 0.3) is 0 Å². The topological polar surface area (TPSA) is 0 Å². The van der Waals surface area contributed by atoms with E-state index in [1.165, 1.54) is 12.1 Å². The minimum absolute atomic E-state index is 0.705. The van der Waals surface area contributed by atoms with Gasteiger partial charge in [-0.1, -0.05) is 96.2 Å². The molecule has 0 spiro atoms. The fourth-order valence-corrected chi connectivity index (χ4v) is 8.82. The van der Waals surface area contributed by atoms with Gasteiger partial charge in [0.1, 0.15) is 0 Å². The molecule has 0 nitrogen and oxygen atoms in total. The Balaban J connectivity index is 1.89. The molecule has 0 aromatic heterocycles. The van der Waals surface area contributed by atoms with Crippen LogP contribution in [0.25, 0.3) is 0 Å². The van der Waals surface area contributed by atoms with Crippen molar-refractivity contribution in [1.29, 1.82) is 0 Å². The maximum Gasteiger partial charge on any atom is 0.0675 e. The Hall–Kier alpha value is -1.13. The molecule has 0 amide bonds. The van der Waals surface area contributed by atoms with Crippen LogP contribution in [0.4, 0.5) is 0 Å². The predicted octanol–water partition coefficient (Wildman–Crippen LogP) is 2.51. The van der Waals surface area contributed by atoms with Crippen molar-refractivity contribution in [2.24, 2.45) is 0 Å². The van der Waals surface area contributed by atoms with Crippen LogP contribution in [0.3, 0.4) is 0 Å². The molecule has 2 atom stereocenters. The minimum Gasteiger partial charge on any atom is -0.0680 e. The molecule has 2 aromatic rings. The van der Waals surface area contributed by atoms with E-state index >= 15 is 0 Å².